The van der Waals surface area contributed by atoms with Gasteiger partial charge >= 0.3 is 5.97 Å². The van der Waals surface area contributed by atoms with Gasteiger partial charge in [-0.2, -0.15) is 10.2 Å². The van der Waals surface area contributed by atoms with Crippen LogP contribution >= 0.6 is 0 Å². The Morgan fingerprint density at radius 3 is 2.61 bits per heavy atom. The van der Waals surface area contributed by atoms with Crippen molar-refractivity contribution in [3.63, 3.8) is 0 Å². The smallest absolute Gasteiger partial charge is 0.308 e. The molecule has 0 saturated heterocycles. The van der Waals surface area contributed by atoms with Crippen molar-refractivity contribution in [3.05, 3.63) is 65.9 Å². The Bertz CT molecular complexity index is 1010. The first-order valence-electron chi connectivity index (χ1n) is 8.37. The van der Waals surface area contributed by atoms with Crippen LogP contribution in [0.3, 0.4) is 0 Å². The molecule has 0 bridgehead atoms. The van der Waals surface area contributed by atoms with Crippen LogP contribution in [0.4, 0.5) is 0 Å². The van der Waals surface area contributed by atoms with Crippen molar-refractivity contribution in [2.75, 3.05) is 7.11 Å². The number of carbonyl (C=O) groups excluding carboxylic acids is 2. The second-order valence-electron chi connectivity index (χ2n) is 5.74. The van der Waals surface area contributed by atoms with Crippen molar-refractivity contribution >= 4 is 18.1 Å². The molecule has 1 aromatic heterocycles. The van der Waals surface area contributed by atoms with Gasteiger partial charge in [-0.05, 0) is 29.8 Å². The highest BCUT2D eigenvalue weighted by atomic mass is 16.6. The molecule has 0 aliphatic rings. The van der Waals surface area contributed by atoms with Crippen molar-refractivity contribution in [1.29, 1.82) is 0 Å². The maximum atomic E-state index is 12.2. The Morgan fingerprint density at radius 1 is 1.11 bits per heavy atom. The molecule has 1 amide bonds. The molecule has 0 saturated carbocycles. The third kappa shape index (κ3) is 4.61. The van der Waals surface area contributed by atoms with Crippen molar-refractivity contribution in [2.45, 2.75) is 6.92 Å². The molecule has 0 fully saturated rings. The minimum absolute atomic E-state index is 0.291. The summed E-state index contributed by atoms with van der Waals surface area (Å²) in [5.74, 6) is -0.176. The SMILES string of the molecule is COc1cc(C=NNC(=O)c2cc(-c3ccccc3)n[nH]2)ccc1OC(C)=O. The summed E-state index contributed by atoms with van der Waals surface area (Å²) in [7, 11) is 1.47. The summed E-state index contributed by atoms with van der Waals surface area (Å²) in [6, 6.07) is 16.1. The molecule has 142 valence electrons. The normalized spacial score (nSPS) is 10.6. The number of aromatic nitrogens is 2. The number of nitrogens with zero attached hydrogens (tertiary/aromatic N) is 2. The Hall–Kier alpha value is -3.94. The molecular weight excluding hydrogens is 360 g/mol. The first-order valence-corrected chi connectivity index (χ1v) is 8.37. The number of benzene rings is 2. The zero-order valence-corrected chi connectivity index (χ0v) is 15.3. The third-order valence-corrected chi connectivity index (χ3v) is 3.71. The van der Waals surface area contributed by atoms with E-state index in [9.17, 15) is 9.59 Å². The standard InChI is InChI=1S/C20H18N4O4/c1-13(25)28-18-9-8-14(10-19(18)27-2)12-21-24-20(26)17-11-16(22-23-17)15-6-4-3-5-7-15/h3-12H,1-2H3,(H,22,23)(H,24,26). The molecule has 8 heteroatoms. The highest BCUT2D eigenvalue weighted by molar-refractivity contribution is 5.94. The highest BCUT2D eigenvalue weighted by Gasteiger charge is 2.10. The lowest BCUT2D eigenvalue weighted by atomic mass is 10.1. The molecule has 3 rings (SSSR count). The lowest BCUT2D eigenvalue weighted by molar-refractivity contribution is -0.132. The van der Waals surface area contributed by atoms with Crippen LogP contribution in [0.15, 0.2) is 59.7 Å². The van der Waals surface area contributed by atoms with Gasteiger partial charge in [-0.15, -0.1) is 0 Å². The van der Waals surface area contributed by atoms with Crippen LogP contribution in [0.2, 0.25) is 0 Å². The van der Waals surface area contributed by atoms with Gasteiger partial charge in [0.15, 0.2) is 11.5 Å². The number of carbonyl (C=O) groups is 2. The van der Waals surface area contributed by atoms with E-state index < -0.39 is 11.9 Å². The Morgan fingerprint density at radius 2 is 1.89 bits per heavy atom. The first kappa shape index (κ1) is 18.8. The molecule has 8 nitrogen and oxygen atoms in total. The molecule has 0 spiro atoms. The maximum Gasteiger partial charge on any atom is 0.308 e. The van der Waals surface area contributed by atoms with E-state index in [1.807, 2.05) is 30.3 Å². The van der Waals surface area contributed by atoms with Crippen LogP contribution in [0.25, 0.3) is 11.3 Å². The lowest BCUT2D eigenvalue weighted by Gasteiger charge is -2.08. The number of H-pyrrole nitrogens is 1. The molecule has 0 aliphatic carbocycles. The number of nitrogens with one attached hydrogen (secondary N) is 2. The number of hydrogen-bond acceptors (Lipinski definition) is 6. The van der Waals surface area contributed by atoms with E-state index in [2.05, 4.69) is 20.7 Å². The van der Waals surface area contributed by atoms with Gasteiger partial charge in [0.2, 0.25) is 0 Å². The predicted octanol–water partition coefficient (Wildman–Crippen LogP) is 2.77. The number of methoxy groups -OCH3 is 1. The monoisotopic (exact) mass is 378 g/mol. The zero-order chi connectivity index (χ0) is 19.9. The Kier molecular flexibility index (Phi) is 5.81. The van der Waals surface area contributed by atoms with Crippen molar-refractivity contribution in [2.24, 2.45) is 5.10 Å². The number of esters is 1. The minimum atomic E-state index is -0.443. The quantitative estimate of drug-likeness (QED) is 0.297. The molecule has 2 aromatic carbocycles. The van der Waals surface area contributed by atoms with Crippen molar-refractivity contribution < 1.29 is 19.1 Å². The van der Waals surface area contributed by atoms with Crippen LogP contribution in [0.5, 0.6) is 11.5 Å². The molecule has 0 unspecified atom stereocenters. The average Bonchev–Trinajstić information content (AvgIpc) is 3.19. The first-order chi connectivity index (χ1) is 13.6. The number of amides is 1. The van der Waals surface area contributed by atoms with E-state index in [1.54, 1.807) is 24.3 Å². The molecular formula is C20H18N4O4. The van der Waals surface area contributed by atoms with Gasteiger partial charge in [-0.3, -0.25) is 14.7 Å². The van der Waals surface area contributed by atoms with Gasteiger partial charge < -0.3 is 9.47 Å². The van der Waals surface area contributed by atoms with Gasteiger partial charge in [0.1, 0.15) is 5.69 Å². The second-order valence-corrected chi connectivity index (χ2v) is 5.74. The summed E-state index contributed by atoms with van der Waals surface area (Å²) in [6.07, 6.45) is 1.45. The van der Waals surface area contributed by atoms with E-state index in [4.69, 9.17) is 9.47 Å². The van der Waals surface area contributed by atoms with E-state index in [-0.39, 0.29) is 0 Å². The molecule has 0 atom stereocenters. The fraction of sp³-hybridized carbons (Fsp3) is 0.100. The number of hydrazone groups is 1. The highest BCUT2D eigenvalue weighted by Crippen LogP contribution is 2.27. The fourth-order valence-corrected chi connectivity index (χ4v) is 2.42. The summed E-state index contributed by atoms with van der Waals surface area (Å²) in [5.41, 5.74) is 4.95. The van der Waals surface area contributed by atoms with Gasteiger partial charge in [0, 0.05) is 12.5 Å². The molecule has 1 heterocycles. The summed E-state index contributed by atoms with van der Waals surface area (Å²) >= 11 is 0. The van der Waals surface area contributed by atoms with E-state index in [0.29, 0.717) is 28.5 Å². The maximum absolute atomic E-state index is 12.2. The fourth-order valence-electron chi connectivity index (χ4n) is 2.42. The van der Waals surface area contributed by atoms with Gasteiger partial charge in [0.25, 0.3) is 5.91 Å². The zero-order valence-electron chi connectivity index (χ0n) is 15.3. The lowest BCUT2D eigenvalue weighted by Crippen LogP contribution is -2.18. The van der Waals surface area contributed by atoms with Crippen LogP contribution in [0, 0.1) is 0 Å². The minimum Gasteiger partial charge on any atom is -0.493 e. The number of hydrogen-bond donors (Lipinski definition) is 2. The third-order valence-electron chi connectivity index (χ3n) is 3.71. The summed E-state index contributed by atoms with van der Waals surface area (Å²) in [6.45, 7) is 1.31. The van der Waals surface area contributed by atoms with Gasteiger partial charge in [-0.1, -0.05) is 30.3 Å². The molecule has 2 N–H and O–H groups in total. The molecule has 28 heavy (non-hydrogen) atoms. The summed E-state index contributed by atoms with van der Waals surface area (Å²) < 4.78 is 10.2. The largest absolute Gasteiger partial charge is 0.493 e. The van der Waals surface area contributed by atoms with Crippen molar-refractivity contribution in [1.82, 2.24) is 15.6 Å². The number of ether oxygens (including phenoxy) is 2. The molecule has 0 aliphatic heterocycles. The number of aromatic amines is 1. The van der Waals surface area contributed by atoms with E-state index in [1.165, 1.54) is 20.2 Å². The van der Waals surface area contributed by atoms with Gasteiger partial charge in [0.05, 0.1) is 19.0 Å². The topological polar surface area (TPSA) is 106 Å². The Balaban J connectivity index is 1.65. The van der Waals surface area contributed by atoms with Gasteiger partial charge in [-0.25, -0.2) is 5.43 Å². The average molecular weight is 378 g/mol. The van der Waals surface area contributed by atoms with E-state index in [0.717, 1.165) is 5.56 Å². The van der Waals surface area contributed by atoms with E-state index >= 15 is 0 Å². The molecule has 0 radical (unpaired) electrons. The van der Waals surface area contributed by atoms with Crippen molar-refractivity contribution in [3.8, 4) is 22.8 Å². The van der Waals surface area contributed by atoms with Crippen LogP contribution < -0.4 is 14.9 Å². The van der Waals surface area contributed by atoms with Crippen LogP contribution in [-0.4, -0.2) is 35.4 Å². The Labute approximate surface area is 161 Å². The predicted molar refractivity (Wildman–Crippen MR) is 103 cm³/mol. The molecule has 3 aromatic rings. The number of rotatable bonds is 6. The summed E-state index contributed by atoms with van der Waals surface area (Å²) in [4.78, 5) is 23.3. The second kappa shape index (κ2) is 8.63. The summed E-state index contributed by atoms with van der Waals surface area (Å²) in [5, 5.41) is 10.8. The van der Waals surface area contributed by atoms with Crippen LogP contribution in [-0.2, 0) is 4.79 Å². The van der Waals surface area contributed by atoms with Crippen LogP contribution in [0.1, 0.15) is 23.0 Å².